The van der Waals surface area contributed by atoms with Crippen LogP contribution < -0.4 is 21.3 Å². The highest BCUT2D eigenvalue weighted by molar-refractivity contribution is 7.86. The average Bonchev–Trinajstić information content (AvgIpc) is 3.62. The topological polar surface area (TPSA) is 177 Å². The van der Waals surface area contributed by atoms with Crippen LogP contribution in [0.3, 0.4) is 0 Å². The lowest BCUT2D eigenvalue weighted by molar-refractivity contribution is -0.145. The number of ketones is 1. The first kappa shape index (κ1) is 40.4. The molecule has 14 nitrogen and oxygen atoms in total. The number of carbonyl (C=O) groups is 5. The molecule has 0 radical (unpaired) electrons. The van der Waals surface area contributed by atoms with E-state index in [0.717, 1.165) is 42.8 Å². The average molecular weight is 710 g/mol. The summed E-state index contributed by atoms with van der Waals surface area (Å²) in [4.78, 5) is 69.0. The fraction of sp³-hybridized carbons (Fsp3) is 0.794. The minimum atomic E-state index is -3.74. The number of amides is 5. The Morgan fingerprint density at radius 1 is 0.980 bits per heavy atom. The molecule has 5 amide bonds. The van der Waals surface area contributed by atoms with Gasteiger partial charge < -0.3 is 26.2 Å². The summed E-state index contributed by atoms with van der Waals surface area (Å²) in [5, 5.41) is 11.1. The predicted octanol–water partition coefficient (Wildman–Crippen LogP) is 1.78. The fourth-order valence-corrected chi connectivity index (χ4v) is 8.42. The Bertz CT molecular complexity index is 1360. The molecule has 49 heavy (non-hydrogen) atoms. The first-order valence-electron chi connectivity index (χ1n) is 17.5. The second-order valence-corrected chi connectivity index (χ2v) is 17.9. The van der Waals surface area contributed by atoms with Gasteiger partial charge >= 0.3 is 6.03 Å². The Hall–Kier alpha value is -3.04. The van der Waals surface area contributed by atoms with Crippen molar-refractivity contribution in [3.63, 3.8) is 0 Å². The molecule has 1 unspecified atom stereocenters. The van der Waals surface area contributed by atoms with Gasteiger partial charge in [-0.2, -0.15) is 17.0 Å². The van der Waals surface area contributed by atoms with Crippen LogP contribution in [0.1, 0.15) is 86.0 Å². The molecule has 3 aliphatic rings. The molecule has 0 aromatic carbocycles. The highest BCUT2D eigenvalue weighted by Gasteiger charge is 2.53. The molecular weight excluding hydrogens is 650 g/mol. The standard InChI is InChI=1S/C34H59N7O7S/c1-10-19-35-30(44)27(42)22(2)36-29(43)26-24-16-14-15-23(24)20-41(26)31(45)28(34(6)17-12-11-13-18-34)38-32(46)37-25(33(3,4)5)21-40(9)49(47,48)39(7)8/h10,22-26,28H,1,11-21H2,2-9H3,(H,35,44)(H,36,43)(H2,37,38,46)/t22?,23-,24-,25+,26-,28+/m0/s1. The molecule has 2 aliphatic carbocycles. The van der Waals surface area contributed by atoms with E-state index in [-0.39, 0.29) is 30.8 Å². The van der Waals surface area contributed by atoms with Crippen LogP contribution in [-0.4, -0.2) is 116 Å². The van der Waals surface area contributed by atoms with E-state index in [1.165, 1.54) is 38.4 Å². The lowest BCUT2D eigenvalue weighted by atomic mass is 9.70. The maximum atomic E-state index is 14.7. The summed E-state index contributed by atoms with van der Waals surface area (Å²) >= 11 is 0. The van der Waals surface area contributed by atoms with Gasteiger partial charge in [-0.25, -0.2) is 4.79 Å². The Morgan fingerprint density at radius 2 is 1.61 bits per heavy atom. The number of carbonyl (C=O) groups excluding carboxylic acids is 5. The summed E-state index contributed by atoms with van der Waals surface area (Å²) in [6.45, 7) is 13.2. The number of fused-ring (bicyclic) bond motifs is 1. The van der Waals surface area contributed by atoms with Crippen LogP contribution in [0.4, 0.5) is 4.79 Å². The normalized spacial score (nSPS) is 24.0. The number of likely N-dealkylation sites (N-methyl/N-ethyl adjacent to an activating group) is 1. The van der Waals surface area contributed by atoms with Crippen LogP contribution in [0, 0.1) is 22.7 Å². The van der Waals surface area contributed by atoms with Crippen LogP contribution in [0.15, 0.2) is 12.7 Å². The van der Waals surface area contributed by atoms with Crippen molar-refractivity contribution in [2.75, 3.05) is 40.8 Å². The molecule has 6 atom stereocenters. The molecule has 3 rings (SSSR count). The molecular formula is C34H59N7O7S. The van der Waals surface area contributed by atoms with E-state index >= 15 is 0 Å². The largest absolute Gasteiger partial charge is 0.346 e. The molecule has 1 saturated heterocycles. The molecule has 0 aromatic heterocycles. The number of likely N-dealkylation sites (tertiary alicyclic amines) is 1. The summed E-state index contributed by atoms with van der Waals surface area (Å²) in [5.41, 5.74) is -1.12. The molecule has 2 saturated carbocycles. The van der Waals surface area contributed by atoms with E-state index in [2.05, 4.69) is 27.8 Å². The summed E-state index contributed by atoms with van der Waals surface area (Å²) in [6.07, 6.45) is 8.21. The summed E-state index contributed by atoms with van der Waals surface area (Å²) in [5.74, 6) is -2.46. The number of rotatable bonds is 14. The Kier molecular flexibility index (Phi) is 13.5. The SMILES string of the molecule is C=CCNC(=O)C(=O)C(C)NC(=O)[C@@H]1[C@H]2CCC[C@H]2CN1C(=O)[C@@H](NC(=O)N[C@H](CN(C)S(=O)(=O)N(C)C)C(C)(C)C)C1(C)CCCCC1. The number of nitrogens with one attached hydrogen (secondary N) is 4. The first-order chi connectivity index (χ1) is 22.7. The van der Waals surface area contributed by atoms with Crippen molar-refractivity contribution in [2.24, 2.45) is 22.7 Å². The molecule has 4 N–H and O–H groups in total. The van der Waals surface area contributed by atoms with Crippen molar-refractivity contribution in [3.8, 4) is 0 Å². The van der Waals surface area contributed by atoms with E-state index in [1.54, 1.807) is 4.90 Å². The lowest BCUT2D eigenvalue weighted by Crippen LogP contribution is -2.63. The minimum absolute atomic E-state index is 0.00750. The van der Waals surface area contributed by atoms with Gasteiger partial charge in [0.1, 0.15) is 12.1 Å². The number of urea groups is 1. The third-order valence-corrected chi connectivity index (χ3v) is 12.5. The summed E-state index contributed by atoms with van der Waals surface area (Å²) in [7, 11) is 0.607. The van der Waals surface area contributed by atoms with E-state index in [1.807, 2.05) is 27.7 Å². The molecule has 3 fully saturated rings. The molecule has 1 heterocycles. The van der Waals surface area contributed by atoms with Crippen molar-refractivity contribution in [1.82, 2.24) is 34.8 Å². The number of hydrogen-bond acceptors (Lipinski definition) is 7. The van der Waals surface area contributed by atoms with Crippen molar-refractivity contribution < 1.29 is 32.4 Å². The fourth-order valence-electron chi connectivity index (χ4n) is 7.53. The number of Topliss-reactive ketones (excluding diaryl/α,β-unsaturated/α-hetero) is 1. The Labute approximate surface area is 292 Å². The van der Waals surface area contributed by atoms with Crippen LogP contribution >= 0.6 is 0 Å². The summed E-state index contributed by atoms with van der Waals surface area (Å²) < 4.78 is 27.9. The monoisotopic (exact) mass is 709 g/mol. The maximum Gasteiger partial charge on any atom is 0.315 e. The Morgan fingerprint density at radius 3 is 2.18 bits per heavy atom. The van der Waals surface area contributed by atoms with Crippen molar-refractivity contribution in [1.29, 1.82) is 0 Å². The molecule has 15 heteroatoms. The van der Waals surface area contributed by atoms with Gasteiger partial charge in [-0.1, -0.05) is 59.5 Å². The molecule has 0 aromatic rings. The zero-order valence-corrected chi connectivity index (χ0v) is 31.5. The second-order valence-electron chi connectivity index (χ2n) is 15.6. The predicted molar refractivity (Wildman–Crippen MR) is 187 cm³/mol. The highest BCUT2D eigenvalue weighted by atomic mass is 32.2. The third kappa shape index (κ3) is 9.60. The van der Waals surface area contributed by atoms with E-state index in [0.29, 0.717) is 19.4 Å². The Balaban J connectivity index is 1.88. The van der Waals surface area contributed by atoms with Crippen LogP contribution in [0.25, 0.3) is 0 Å². The zero-order chi connectivity index (χ0) is 36.9. The minimum Gasteiger partial charge on any atom is -0.346 e. The van der Waals surface area contributed by atoms with Gasteiger partial charge in [-0.3, -0.25) is 19.2 Å². The maximum absolute atomic E-state index is 14.7. The van der Waals surface area contributed by atoms with E-state index in [4.69, 9.17) is 0 Å². The van der Waals surface area contributed by atoms with Gasteiger partial charge in [0.2, 0.25) is 17.6 Å². The molecule has 278 valence electrons. The van der Waals surface area contributed by atoms with Gasteiger partial charge in [-0.05, 0) is 55.3 Å². The number of nitrogens with zero attached hydrogens (tertiary/aromatic N) is 3. The van der Waals surface area contributed by atoms with Crippen molar-refractivity contribution in [2.45, 2.75) is 110 Å². The van der Waals surface area contributed by atoms with Crippen molar-refractivity contribution >= 4 is 39.7 Å². The molecule has 0 bridgehead atoms. The summed E-state index contributed by atoms with van der Waals surface area (Å²) in [6, 6.07) is -4.10. The van der Waals surface area contributed by atoms with E-state index in [9.17, 15) is 32.4 Å². The quantitative estimate of drug-likeness (QED) is 0.157. The third-order valence-electron chi connectivity index (χ3n) is 10.7. The van der Waals surface area contributed by atoms with Crippen LogP contribution in [0.5, 0.6) is 0 Å². The van der Waals surface area contributed by atoms with Crippen molar-refractivity contribution in [3.05, 3.63) is 12.7 Å². The highest BCUT2D eigenvalue weighted by Crippen LogP contribution is 2.45. The lowest BCUT2D eigenvalue weighted by Gasteiger charge is -2.43. The van der Waals surface area contributed by atoms with Gasteiger partial charge in [0.25, 0.3) is 16.1 Å². The van der Waals surface area contributed by atoms with Crippen LogP contribution in [0.2, 0.25) is 0 Å². The van der Waals surface area contributed by atoms with Gasteiger partial charge in [-0.15, -0.1) is 6.58 Å². The smallest absolute Gasteiger partial charge is 0.315 e. The molecule has 0 spiro atoms. The molecule has 1 aliphatic heterocycles. The van der Waals surface area contributed by atoms with E-state index < -0.39 is 68.8 Å². The van der Waals surface area contributed by atoms with Crippen LogP contribution in [-0.2, 0) is 29.4 Å². The van der Waals surface area contributed by atoms with Gasteiger partial charge in [0.05, 0.1) is 6.04 Å². The first-order valence-corrected chi connectivity index (χ1v) is 18.9. The van der Waals surface area contributed by atoms with Gasteiger partial charge in [0, 0.05) is 46.8 Å². The zero-order valence-electron chi connectivity index (χ0n) is 30.6. The van der Waals surface area contributed by atoms with Gasteiger partial charge in [0.15, 0.2) is 0 Å². The number of hydrogen-bond donors (Lipinski definition) is 4. The second kappa shape index (κ2) is 16.3.